The molecular weight excluding hydrogens is 896 g/mol. The van der Waals surface area contributed by atoms with Crippen molar-refractivity contribution in [3.05, 3.63) is 156 Å². The van der Waals surface area contributed by atoms with Crippen LogP contribution in [-0.4, -0.2) is 19.5 Å². The molecule has 58 heavy (non-hydrogen) atoms. The third kappa shape index (κ3) is 7.15. The molecule has 6 nitrogen and oxygen atoms in total. The van der Waals surface area contributed by atoms with E-state index in [1.807, 2.05) is 54.6 Å². The van der Waals surface area contributed by atoms with Crippen molar-refractivity contribution in [3.8, 4) is 51.3 Å². The number of hydrogen-bond acceptors (Lipinski definition) is 5. The average molecular weight is 940 g/mol. The summed E-state index contributed by atoms with van der Waals surface area (Å²) in [4.78, 5) is 15.6. The number of rotatable bonds is 8. The van der Waals surface area contributed by atoms with Crippen LogP contribution >= 0.6 is 0 Å². The maximum absolute atomic E-state index is 6.66. The largest absolute Gasteiger partial charge is 2.00 e. The SMILES string of the molecule is CC(C)c1cc(-c2ccccc2)cc(C(C)C)c1-c1nc2c(-c3cccc(-n4c5ccccc5c5ccc(Oc6[c-]ccc(C(C)(C)C)c6)nc54)n3)[c-]ccc2o1.[Pt+2]. The number of ether oxygens (including phenoxy) is 1. The van der Waals surface area contributed by atoms with E-state index in [-0.39, 0.29) is 38.3 Å². The molecule has 4 heterocycles. The topological polar surface area (TPSA) is 66.0 Å². The van der Waals surface area contributed by atoms with Crippen molar-refractivity contribution >= 4 is 33.0 Å². The van der Waals surface area contributed by atoms with Gasteiger partial charge in [-0.3, -0.25) is 14.5 Å². The van der Waals surface area contributed by atoms with Crippen LogP contribution in [-0.2, 0) is 26.5 Å². The minimum Gasteiger partial charge on any atom is -0.466 e. The van der Waals surface area contributed by atoms with Crippen LogP contribution < -0.4 is 4.74 Å². The van der Waals surface area contributed by atoms with Gasteiger partial charge in [-0.25, -0.2) is 0 Å². The molecule has 0 amide bonds. The molecule has 0 aliphatic rings. The van der Waals surface area contributed by atoms with Crippen molar-refractivity contribution in [2.24, 2.45) is 0 Å². The van der Waals surface area contributed by atoms with Gasteiger partial charge in [0, 0.05) is 33.7 Å². The molecule has 0 unspecified atom stereocenters. The Bertz CT molecular complexity index is 2910. The van der Waals surface area contributed by atoms with E-state index in [1.54, 1.807) is 0 Å². The van der Waals surface area contributed by atoms with Crippen LogP contribution in [0.15, 0.2) is 132 Å². The molecule has 0 atom stereocenters. The van der Waals surface area contributed by atoms with E-state index in [0.29, 0.717) is 23.1 Å². The Morgan fingerprint density at radius 2 is 1.40 bits per heavy atom. The van der Waals surface area contributed by atoms with Crippen molar-refractivity contribution in [1.82, 2.24) is 19.5 Å². The van der Waals surface area contributed by atoms with E-state index in [9.17, 15) is 0 Å². The molecule has 7 heteroatoms. The molecule has 0 aliphatic carbocycles. The van der Waals surface area contributed by atoms with Crippen molar-refractivity contribution in [1.29, 1.82) is 0 Å². The van der Waals surface area contributed by atoms with E-state index in [0.717, 1.165) is 50.1 Å². The van der Waals surface area contributed by atoms with Crippen LogP contribution in [0, 0.1) is 12.1 Å². The molecule has 5 aromatic carbocycles. The van der Waals surface area contributed by atoms with Crippen molar-refractivity contribution in [2.75, 3.05) is 0 Å². The number of nitrogens with zero attached hydrogens (tertiary/aromatic N) is 4. The van der Waals surface area contributed by atoms with Gasteiger partial charge >= 0.3 is 21.1 Å². The Hall–Kier alpha value is -5.84. The first kappa shape index (κ1) is 39.0. The molecule has 9 rings (SSSR count). The molecule has 0 fully saturated rings. The standard InChI is InChI=1S/C51H44N4O2.Pt/c1-31(2)40-28-34(33-16-9-8-10-17-33)29-41(32(3)4)47(40)50-54-48-39(21-14-24-44(48)57-50)42-22-15-25-45(52-42)55-43-23-12-11-20-37(43)38-26-27-46(53-49(38)55)56-36-19-13-18-35(30-36)51(5,6)7;/h8-18,20,22-32H,1-7H3;/q-2;+2. The van der Waals surface area contributed by atoms with Crippen LogP contribution in [0.5, 0.6) is 11.6 Å². The Labute approximate surface area is 354 Å². The van der Waals surface area contributed by atoms with Gasteiger partial charge < -0.3 is 9.15 Å². The first-order valence-corrected chi connectivity index (χ1v) is 19.7. The Morgan fingerprint density at radius 3 is 2.14 bits per heavy atom. The maximum Gasteiger partial charge on any atom is 2.00 e. The summed E-state index contributed by atoms with van der Waals surface area (Å²) >= 11 is 0. The van der Waals surface area contributed by atoms with E-state index in [2.05, 4.69) is 138 Å². The number of oxazole rings is 1. The Balaban J connectivity index is 0.00000469. The first-order valence-electron chi connectivity index (χ1n) is 19.7. The fraction of sp³-hybridized carbons (Fsp3) is 0.196. The van der Waals surface area contributed by atoms with Crippen molar-refractivity contribution in [3.63, 3.8) is 0 Å². The van der Waals surface area contributed by atoms with Gasteiger partial charge in [-0.1, -0.05) is 133 Å². The van der Waals surface area contributed by atoms with Crippen LogP contribution in [0.2, 0.25) is 0 Å². The molecule has 0 radical (unpaired) electrons. The summed E-state index contributed by atoms with van der Waals surface area (Å²) in [5, 5.41) is 2.09. The summed E-state index contributed by atoms with van der Waals surface area (Å²) in [5.41, 5.74) is 11.7. The smallest absolute Gasteiger partial charge is 0.466 e. The van der Waals surface area contributed by atoms with E-state index >= 15 is 0 Å². The maximum atomic E-state index is 6.66. The molecule has 9 aromatic rings. The second-order valence-electron chi connectivity index (χ2n) is 16.3. The molecular formula is C51H44N4O2Pt. The summed E-state index contributed by atoms with van der Waals surface area (Å²) < 4.78 is 15.1. The number of benzene rings is 5. The normalized spacial score (nSPS) is 11.9. The van der Waals surface area contributed by atoms with Crippen LogP contribution in [0.4, 0.5) is 0 Å². The van der Waals surface area contributed by atoms with Gasteiger partial charge in [0.1, 0.15) is 5.82 Å². The van der Waals surface area contributed by atoms with Crippen molar-refractivity contribution < 1.29 is 30.2 Å². The minimum atomic E-state index is -0.0226. The zero-order valence-corrected chi connectivity index (χ0v) is 36.0. The van der Waals surface area contributed by atoms with Crippen LogP contribution in [0.25, 0.3) is 72.7 Å². The second-order valence-corrected chi connectivity index (χ2v) is 16.3. The first-order chi connectivity index (χ1) is 27.5. The average Bonchev–Trinajstić information content (AvgIpc) is 3.80. The summed E-state index contributed by atoms with van der Waals surface area (Å²) in [6, 6.07) is 50.1. The number of hydrogen-bond donors (Lipinski definition) is 0. The molecule has 0 saturated carbocycles. The van der Waals surface area contributed by atoms with Gasteiger partial charge in [-0.15, -0.1) is 29.8 Å². The Kier molecular flexibility index (Phi) is 10.4. The number of aromatic nitrogens is 4. The van der Waals surface area contributed by atoms with Gasteiger partial charge in [0.25, 0.3) is 0 Å². The zero-order chi connectivity index (χ0) is 39.4. The molecule has 0 spiro atoms. The number of fused-ring (bicyclic) bond motifs is 4. The quantitative estimate of drug-likeness (QED) is 0.142. The van der Waals surface area contributed by atoms with E-state index < -0.39 is 0 Å². The molecule has 0 saturated heterocycles. The Morgan fingerprint density at radius 1 is 0.672 bits per heavy atom. The fourth-order valence-corrected chi connectivity index (χ4v) is 7.72. The van der Waals surface area contributed by atoms with E-state index in [1.165, 1.54) is 27.8 Å². The summed E-state index contributed by atoms with van der Waals surface area (Å²) in [6.45, 7) is 15.5. The molecule has 0 N–H and O–H groups in total. The van der Waals surface area contributed by atoms with Crippen LogP contribution in [0.3, 0.4) is 0 Å². The molecule has 0 aliphatic heterocycles. The number of pyridine rings is 2. The molecule has 290 valence electrons. The van der Waals surface area contributed by atoms with Gasteiger partial charge in [0.2, 0.25) is 11.8 Å². The van der Waals surface area contributed by atoms with Gasteiger partial charge in [0.05, 0.1) is 11.1 Å². The van der Waals surface area contributed by atoms with Gasteiger partial charge in [0.15, 0.2) is 5.65 Å². The van der Waals surface area contributed by atoms with Gasteiger partial charge in [-0.2, -0.15) is 17.1 Å². The van der Waals surface area contributed by atoms with E-state index in [4.69, 9.17) is 24.1 Å². The third-order valence-corrected chi connectivity index (χ3v) is 10.7. The summed E-state index contributed by atoms with van der Waals surface area (Å²) in [7, 11) is 0. The third-order valence-electron chi connectivity index (χ3n) is 10.7. The predicted octanol–water partition coefficient (Wildman–Crippen LogP) is 13.7. The minimum absolute atomic E-state index is 0. The zero-order valence-electron chi connectivity index (χ0n) is 33.7. The second kappa shape index (κ2) is 15.5. The summed E-state index contributed by atoms with van der Waals surface area (Å²) in [5.74, 6) is 2.94. The van der Waals surface area contributed by atoms with Crippen molar-refractivity contribution in [2.45, 2.75) is 65.7 Å². The fourth-order valence-electron chi connectivity index (χ4n) is 7.72. The molecule has 0 bridgehead atoms. The summed E-state index contributed by atoms with van der Waals surface area (Å²) in [6.07, 6.45) is 0. The van der Waals surface area contributed by atoms with Gasteiger partial charge in [-0.05, 0) is 63.4 Å². The predicted molar refractivity (Wildman–Crippen MR) is 231 cm³/mol. The molecule has 4 aromatic heterocycles. The number of para-hydroxylation sites is 1. The monoisotopic (exact) mass is 939 g/mol. The van der Waals surface area contributed by atoms with Crippen LogP contribution in [0.1, 0.15) is 77.0 Å².